The van der Waals surface area contributed by atoms with Gasteiger partial charge in [-0.25, -0.2) is 4.39 Å². The molecule has 0 atom stereocenters. The van der Waals surface area contributed by atoms with Gasteiger partial charge in [0.25, 0.3) is 0 Å². The predicted octanol–water partition coefficient (Wildman–Crippen LogP) is 5.94. The Kier molecular flexibility index (Phi) is 9.93. The van der Waals surface area contributed by atoms with Crippen LogP contribution in [0.2, 0.25) is 5.02 Å². The number of pyridine rings is 1. The largest absolute Gasteiger partial charge is 0.495 e. The number of aldehydes is 1. The van der Waals surface area contributed by atoms with Crippen LogP contribution in [-0.2, 0) is 9.53 Å². The molecule has 0 bridgehead atoms. The minimum atomic E-state index is -0.505. The summed E-state index contributed by atoms with van der Waals surface area (Å²) in [6.07, 6.45) is 9.60. The molecule has 0 unspecified atom stereocenters. The van der Waals surface area contributed by atoms with Gasteiger partial charge in [0.1, 0.15) is 23.9 Å². The number of carbonyl (C=O) groups excluding carboxylic acids is 1. The van der Waals surface area contributed by atoms with Crippen molar-refractivity contribution in [3.63, 3.8) is 0 Å². The van der Waals surface area contributed by atoms with Crippen molar-refractivity contribution >= 4 is 45.9 Å². The Hall–Kier alpha value is -3.71. The average Bonchev–Trinajstić information content (AvgIpc) is 3.44. The number of piperidine rings is 1. The molecule has 3 aromatic rings. The average molecular weight is 566 g/mol. The van der Waals surface area contributed by atoms with E-state index in [0.717, 1.165) is 50.2 Å². The van der Waals surface area contributed by atoms with E-state index in [1.165, 1.54) is 37.6 Å². The molecule has 5 rings (SSSR count). The van der Waals surface area contributed by atoms with Gasteiger partial charge in [0.2, 0.25) is 0 Å². The van der Waals surface area contributed by atoms with Crippen molar-refractivity contribution in [1.82, 2.24) is 9.88 Å². The van der Waals surface area contributed by atoms with Gasteiger partial charge in [-0.3, -0.25) is 14.7 Å². The second-order valence-corrected chi connectivity index (χ2v) is 10.3. The van der Waals surface area contributed by atoms with E-state index < -0.39 is 5.82 Å². The first kappa shape index (κ1) is 29.3. The smallest absolute Gasteiger partial charge is 0.144 e. The lowest BCUT2D eigenvalue weighted by atomic mass is 9.78. The molecule has 0 aliphatic carbocycles. The summed E-state index contributed by atoms with van der Waals surface area (Å²) in [6, 6.07) is 10.0. The van der Waals surface area contributed by atoms with Crippen molar-refractivity contribution in [3.05, 3.63) is 65.1 Å². The third kappa shape index (κ3) is 6.89. The van der Waals surface area contributed by atoms with Crippen LogP contribution < -0.4 is 15.4 Å². The number of ether oxygens (including phenoxy) is 2. The lowest BCUT2D eigenvalue weighted by Crippen LogP contribution is -2.40. The molecule has 0 amide bonds. The number of nitrogens with one attached hydrogen (secondary N) is 2. The number of fused-ring (bicyclic) bond motifs is 1. The van der Waals surface area contributed by atoms with Crippen LogP contribution in [-0.4, -0.2) is 63.2 Å². The monoisotopic (exact) mass is 565 g/mol. The number of rotatable bonds is 7. The van der Waals surface area contributed by atoms with Crippen molar-refractivity contribution in [2.24, 2.45) is 5.41 Å². The van der Waals surface area contributed by atoms with Crippen molar-refractivity contribution < 1.29 is 18.7 Å². The zero-order valence-electron chi connectivity index (χ0n) is 22.7. The van der Waals surface area contributed by atoms with Gasteiger partial charge in [-0.1, -0.05) is 17.7 Å². The molecule has 2 aliphatic rings. The Morgan fingerprint density at radius 1 is 1.27 bits per heavy atom. The van der Waals surface area contributed by atoms with E-state index in [4.69, 9.17) is 21.1 Å². The van der Waals surface area contributed by atoms with Crippen LogP contribution in [0.25, 0.3) is 10.9 Å². The molecule has 0 radical (unpaired) electrons. The van der Waals surface area contributed by atoms with Gasteiger partial charge < -0.3 is 20.1 Å². The summed E-state index contributed by atoms with van der Waals surface area (Å²) < 4.78 is 24.2. The number of halogens is 2. The molecular weight excluding hydrogens is 533 g/mol. The normalized spacial score (nSPS) is 16.4. The number of anilines is 3. The summed E-state index contributed by atoms with van der Waals surface area (Å²) in [6.45, 7) is 5.12. The van der Waals surface area contributed by atoms with Crippen LogP contribution in [0.4, 0.5) is 21.5 Å². The van der Waals surface area contributed by atoms with Crippen LogP contribution >= 0.6 is 11.6 Å². The quantitative estimate of drug-likeness (QED) is 0.268. The molecule has 0 saturated carbocycles. The molecule has 210 valence electrons. The van der Waals surface area contributed by atoms with Gasteiger partial charge in [0, 0.05) is 43.5 Å². The molecule has 10 heteroatoms. The third-order valence-corrected chi connectivity index (χ3v) is 7.74. The molecule has 1 aromatic heterocycles. The number of hydrogen-bond donors (Lipinski definition) is 2. The van der Waals surface area contributed by atoms with Crippen molar-refractivity contribution in [2.75, 3.05) is 57.6 Å². The SMILES string of the molecule is CNc1cc2c(Nc3ccc(F)c(Cl)c3)c(C#N)cnc2cc1OC.O=C/C=C/CN1CCC2(CCOC2)CC1. The molecule has 2 saturated heterocycles. The maximum Gasteiger partial charge on any atom is 0.144 e. The van der Waals surface area contributed by atoms with Crippen LogP contribution in [0, 0.1) is 22.6 Å². The highest BCUT2D eigenvalue weighted by Crippen LogP contribution is 2.39. The summed E-state index contributed by atoms with van der Waals surface area (Å²) in [7, 11) is 3.35. The van der Waals surface area contributed by atoms with Crippen LogP contribution in [0.1, 0.15) is 24.8 Å². The number of nitriles is 1. The number of carbonyl (C=O) groups is 1. The molecule has 40 heavy (non-hydrogen) atoms. The van der Waals surface area contributed by atoms with Gasteiger partial charge in [-0.05, 0) is 68.1 Å². The fourth-order valence-corrected chi connectivity index (χ4v) is 5.22. The van der Waals surface area contributed by atoms with E-state index in [2.05, 4.69) is 26.6 Å². The number of benzene rings is 2. The lowest BCUT2D eigenvalue weighted by Gasteiger charge is -2.37. The summed E-state index contributed by atoms with van der Waals surface area (Å²) in [5.74, 6) is 0.137. The number of allylic oxidation sites excluding steroid dienone is 1. The van der Waals surface area contributed by atoms with Gasteiger partial charge >= 0.3 is 0 Å². The third-order valence-electron chi connectivity index (χ3n) is 7.45. The number of aromatic nitrogens is 1. The minimum absolute atomic E-state index is 0.000507. The van der Waals surface area contributed by atoms with Gasteiger partial charge in [-0.2, -0.15) is 5.26 Å². The summed E-state index contributed by atoms with van der Waals surface area (Å²) in [5, 5.41) is 16.3. The van der Waals surface area contributed by atoms with E-state index in [9.17, 15) is 14.4 Å². The first-order valence-corrected chi connectivity index (χ1v) is 13.5. The summed E-state index contributed by atoms with van der Waals surface area (Å²) in [4.78, 5) is 16.8. The second-order valence-electron chi connectivity index (χ2n) is 9.90. The maximum atomic E-state index is 13.4. The van der Waals surface area contributed by atoms with E-state index in [0.29, 0.717) is 33.6 Å². The fraction of sp³-hybridized carbons (Fsp3) is 0.367. The van der Waals surface area contributed by atoms with Crippen molar-refractivity contribution in [3.8, 4) is 11.8 Å². The molecule has 1 spiro atoms. The van der Waals surface area contributed by atoms with E-state index in [1.807, 2.05) is 12.1 Å². The number of methoxy groups -OCH3 is 1. The fourth-order valence-electron chi connectivity index (χ4n) is 5.04. The molecule has 2 fully saturated rings. The van der Waals surface area contributed by atoms with Gasteiger partial charge in [0.05, 0.1) is 41.2 Å². The van der Waals surface area contributed by atoms with Crippen LogP contribution in [0.15, 0.2) is 48.7 Å². The van der Waals surface area contributed by atoms with Crippen molar-refractivity contribution in [1.29, 1.82) is 5.26 Å². The topological polar surface area (TPSA) is 99.5 Å². The van der Waals surface area contributed by atoms with E-state index in [1.54, 1.807) is 32.4 Å². The zero-order chi connectivity index (χ0) is 28.5. The second kappa shape index (κ2) is 13.6. The molecular formula is C30H33ClFN5O3. The highest BCUT2D eigenvalue weighted by atomic mass is 35.5. The summed E-state index contributed by atoms with van der Waals surface area (Å²) >= 11 is 5.84. The zero-order valence-corrected chi connectivity index (χ0v) is 23.4. The molecule has 2 N–H and O–H groups in total. The Morgan fingerprint density at radius 3 is 2.70 bits per heavy atom. The van der Waals surface area contributed by atoms with Crippen LogP contribution in [0.5, 0.6) is 5.75 Å². The highest BCUT2D eigenvalue weighted by Gasteiger charge is 2.37. The van der Waals surface area contributed by atoms with E-state index >= 15 is 0 Å². The molecule has 2 aromatic carbocycles. The van der Waals surface area contributed by atoms with Crippen LogP contribution in [0.3, 0.4) is 0 Å². The van der Waals surface area contributed by atoms with Crippen molar-refractivity contribution in [2.45, 2.75) is 19.3 Å². The Morgan fingerprint density at radius 2 is 2.08 bits per heavy atom. The minimum Gasteiger partial charge on any atom is -0.495 e. The lowest BCUT2D eigenvalue weighted by molar-refractivity contribution is -0.104. The Balaban J connectivity index is 0.000000210. The number of nitrogens with zero attached hydrogens (tertiary/aromatic N) is 3. The molecule has 8 nitrogen and oxygen atoms in total. The number of likely N-dealkylation sites (tertiary alicyclic amines) is 1. The number of hydrogen-bond acceptors (Lipinski definition) is 8. The first-order valence-electron chi connectivity index (χ1n) is 13.1. The molecule has 3 heterocycles. The Bertz CT molecular complexity index is 1410. The van der Waals surface area contributed by atoms with Gasteiger partial charge in [-0.15, -0.1) is 0 Å². The Labute approximate surface area is 238 Å². The standard InChI is InChI=1S/C18H14ClFN4O.C12H19NO2/c1-22-16-6-12-15(7-17(16)25-2)23-9-10(8-21)18(12)24-11-3-4-14(20)13(19)5-11;14-9-2-1-6-13-7-3-12(4-8-13)5-10-15-11-12/h3-7,9,22H,1-2H3,(H,23,24);1-2,9H,3-8,10-11H2/b;2-1+. The highest BCUT2D eigenvalue weighted by molar-refractivity contribution is 6.31. The van der Waals surface area contributed by atoms with E-state index in [-0.39, 0.29) is 5.02 Å². The summed E-state index contributed by atoms with van der Waals surface area (Å²) in [5.41, 5.74) is 3.40. The molecule has 2 aliphatic heterocycles. The predicted molar refractivity (Wildman–Crippen MR) is 156 cm³/mol. The van der Waals surface area contributed by atoms with Gasteiger partial charge in [0.15, 0.2) is 0 Å². The maximum absolute atomic E-state index is 13.4. The first-order chi connectivity index (χ1) is 19.4.